The molecule has 0 radical (unpaired) electrons. The predicted molar refractivity (Wildman–Crippen MR) is 72.7 cm³/mol. The molecule has 0 heterocycles. The summed E-state index contributed by atoms with van der Waals surface area (Å²) in [6, 6.07) is 5.83. The average Bonchev–Trinajstić information content (AvgIpc) is 2.13. The Balaban J connectivity index is 2.70. The topological polar surface area (TPSA) is 49.5 Å². The van der Waals surface area contributed by atoms with Gasteiger partial charge in [0.15, 0.2) is 0 Å². The molecule has 0 aliphatic rings. The fraction of sp³-hybridized carbons (Fsp3) is 0.500. The SMILES string of the molecule is CN(CCC(C)(C)O)c1ccc(Br)cc1N. The van der Waals surface area contributed by atoms with Gasteiger partial charge in [-0.15, -0.1) is 0 Å². The van der Waals surface area contributed by atoms with E-state index in [9.17, 15) is 5.11 Å². The molecular formula is C12H19BrN2O. The van der Waals surface area contributed by atoms with Crippen LogP contribution in [0.25, 0.3) is 0 Å². The molecule has 0 saturated carbocycles. The number of rotatable bonds is 4. The van der Waals surface area contributed by atoms with Crippen LogP contribution in [-0.4, -0.2) is 24.3 Å². The van der Waals surface area contributed by atoms with Crippen LogP contribution in [0.15, 0.2) is 22.7 Å². The number of nitrogen functional groups attached to an aromatic ring is 1. The second-order valence-electron chi connectivity index (χ2n) is 4.69. The van der Waals surface area contributed by atoms with Gasteiger partial charge in [-0.05, 0) is 38.5 Å². The van der Waals surface area contributed by atoms with Crippen molar-refractivity contribution in [2.45, 2.75) is 25.9 Å². The Labute approximate surface area is 105 Å². The highest BCUT2D eigenvalue weighted by Gasteiger charge is 2.14. The number of hydrogen-bond donors (Lipinski definition) is 2. The maximum Gasteiger partial charge on any atom is 0.0608 e. The number of nitrogens with zero attached hydrogens (tertiary/aromatic N) is 1. The highest BCUT2D eigenvalue weighted by molar-refractivity contribution is 9.10. The van der Waals surface area contributed by atoms with E-state index in [0.29, 0.717) is 6.42 Å². The number of anilines is 2. The zero-order valence-corrected chi connectivity index (χ0v) is 11.6. The number of hydrogen-bond acceptors (Lipinski definition) is 3. The van der Waals surface area contributed by atoms with Crippen LogP contribution in [0.3, 0.4) is 0 Å². The summed E-state index contributed by atoms with van der Waals surface area (Å²) >= 11 is 3.38. The van der Waals surface area contributed by atoms with Crippen LogP contribution >= 0.6 is 15.9 Å². The minimum Gasteiger partial charge on any atom is -0.397 e. The van der Waals surface area contributed by atoms with Gasteiger partial charge in [-0.3, -0.25) is 0 Å². The van der Waals surface area contributed by atoms with Crippen molar-refractivity contribution in [3.63, 3.8) is 0 Å². The molecule has 16 heavy (non-hydrogen) atoms. The van der Waals surface area contributed by atoms with Gasteiger partial charge in [0.1, 0.15) is 0 Å². The van der Waals surface area contributed by atoms with E-state index in [2.05, 4.69) is 20.8 Å². The van der Waals surface area contributed by atoms with Crippen molar-refractivity contribution < 1.29 is 5.11 Å². The first kappa shape index (κ1) is 13.3. The molecule has 3 N–H and O–H groups in total. The molecule has 0 fully saturated rings. The lowest BCUT2D eigenvalue weighted by Gasteiger charge is -2.25. The lowest BCUT2D eigenvalue weighted by atomic mass is 10.1. The van der Waals surface area contributed by atoms with Crippen molar-refractivity contribution in [3.8, 4) is 0 Å². The summed E-state index contributed by atoms with van der Waals surface area (Å²) in [6.45, 7) is 4.40. The Morgan fingerprint density at radius 1 is 1.44 bits per heavy atom. The van der Waals surface area contributed by atoms with E-state index in [1.54, 1.807) is 0 Å². The molecule has 1 rings (SSSR count). The summed E-state index contributed by atoms with van der Waals surface area (Å²) < 4.78 is 0.977. The van der Waals surface area contributed by atoms with Gasteiger partial charge >= 0.3 is 0 Å². The average molecular weight is 287 g/mol. The van der Waals surface area contributed by atoms with Crippen molar-refractivity contribution in [2.75, 3.05) is 24.2 Å². The summed E-state index contributed by atoms with van der Waals surface area (Å²) in [5, 5.41) is 9.66. The zero-order valence-electron chi connectivity index (χ0n) is 10.00. The van der Waals surface area contributed by atoms with Gasteiger partial charge in [0.2, 0.25) is 0 Å². The second kappa shape index (κ2) is 5.06. The number of aliphatic hydroxyl groups is 1. The molecule has 0 aliphatic heterocycles. The van der Waals surface area contributed by atoms with Crippen molar-refractivity contribution in [1.29, 1.82) is 0 Å². The predicted octanol–water partition coefficient (Wildman–Crippen LogP) is 2.63. The molecule has 0 saturated heterocycles. The molecule has 0 aliphatic carbocycles. The molecule has 1 aromatic rings. The Kier molecular flexibility index (Phi) is 4.21. The van der Waals surface area contributed by atoms with Gasteiger partial charge in [-0.25, -0.2) is 0 Å². The minimum atomic E-state index is -0.640. The summed E-state index contributed by atoms with van der Waals surface area (Å²) in [5.41, 5.74) is 7.02. The van der Waals surface area contributed by atoms with E-state index >= 15 is 0 Å². The molecule has 1 aromatic carbocycles. The number of benzene rings is 1. The van der Waals surface area contributed by atoms with Crippen molar-refractivity contribution in [1.82, 2.24) is 0 Å². The Morgan fingerprint density at radius 3 is 2.56 bits per heavy atom. The number of nitrogens with two attached hydrogens (primary N) is 1. The van der Waals surface area contributed by atoms with Crippen molar-refractivity contribution in [3.05, 3.63) is 22.7 Å². The molecule has 0 aromatic heterocycles. The van der Waals surface area contributed by atoms with E-state index in [1.807, 2.05) is 39.1 Å². The van der Waals surface area contributed by atoms with Crippen LogP contribution in [-0.2, 0) is 0 Å². The number of halogens is 1. The van der Waals surface area contributed by atoms with Crippen LogP contribution in [0.4, 0.5) is 11.4 Å². The Morgan fingerprint density at radius 2 is 2.06 bits per heavy atom. The first-order chi connectivity index (χ1) is 7.29. The summed E-state index contributed by atoms with van der Waals surface area (Å²) in [6.07, 6.45) is 0.707. The van der Waals surface area contributed by atoms with E-state index in [-0.39, 0.29) is 0 Å². The van der Waals surface area contributed by atoms with Crippen molar-refractivity contribution >= 4 is 27.3 Å². The van der Waals surface area contributed by atoms with Crippen LogP contribution in [0.1, 0.15) is 20.3 Å². The van der Waals surface area contributed by atoms with Gasteiger partial charge in [0, 0.05) is 18.1 Å². The molecule has 90 valence electrons. The monoisotopic (exact) mass is 286 g/mol. The quantitative estimate of drug-likeness (QED) is 0.837. The highest BCUT2D eigenvalue weighted by atomic mass is 79.9. The van der Waals surface area contributed by atoms with Crippen LogP contribution in [0, 0.1) is 0 Å². The lowest BCUT2D eigenvalue weighted by molar-refractivity contribution is 0.0734. The zero-order chi connectivity index (χ0) is 12.3. The summed E-state index contributed by atoms with van der Waals surface area (Å²) in [4.78, 5) is 2.06. The maximum absolute atomic E-state index is 9.66. The van der Waals surface area contributed by atoms with E-state index in [0.717, 1.165) is 22.4 Å². The minimum absolute atomic E-state index is 0.640. The molecular weight excluding hydrogens is 268 g/mol. The second-order valence-corrected chi connectivity index (χ2v) is 5.60. The van der Waals surface area contributed by atoms with E-state index < -0.39 is 5.60 Å². The first-order valence-corrected chi connectivity index (χ1v) is 6.07. The molecule has 3 nitrogen and oxygen atoms in total. The molecule has 0 spiro atoms. The molecule has 0 unspecified atom stereocenters. The van der Waals surface area contributed by atoms with Crippen molar-refractivity contribution in [2.24, 2.45) is 0 Å². The normalized spacial score (nSPS) is 11.6. The van der Waals surface area contributed by atoms with Crippen LogP contribution in [0.2, 0.25) is 0 Å². The van der Waals surface area contributed by atoms with Gasteiger partial charge in [-0.2, -0.15) is 0 Å². The fourth-order valence-corrected chi connectivity index (χ4v) is 1.81. The van der Waals surface area contributed by atoms with Gasteiger partial charge in [0.25, 0.3) is 0 Å². The molecule has 0 bridgehead atoms. The maximum atomic E-state index is 9.66. The van der Waals surface area contributed by atoms with Gasteiger partial charge in [0.05, 0.1) is 17.0 Å². The van der Waals surface area contributed by atoms with Crippen LogP contribution in [0.5, 0.6) is 0 Å². The van der Waals surface area contributed by atoms with Crippen LogP contribution < -0.4 is 10.6 Å². The third kappa shape index (κ3) is 4.02. The van der Waals surface area contributed by atoms with E-state index in [1.165, 1.54) is 0 Å². The van der Waals surface area contributed by atoms with E-state index in [4.69, 9.17) is 5.73 Å². The molecule has 0 atom stereocenters. The summed E-state index contributed by atoms with van der Waals surface area (Å²) in [7, 11) is 1.98. The Bertz CT molecular complexity index is 361. The smallest absolute Gasteiger partial charge is 0.0608 e. The standard InChI is InChI=1S/C12H19BrN2O/c1-12(2,16)6-7-15(3)11-5-4-9(13)8-10(11)14/h4-5,8,16H,6-7,14H2,1-3H3. The highest BCUT2D eigenvalue weighted by Crippen LogP contribution is 2.26. The third-order valence-corrected chi connectivity index (χ3v) is 2.95. The molecule has 4 heteroatoms. The Hall–Kier alpha value is -0.740. The van der Waals surface area contributed by atoms with Gasteiger partial charge in [-0.1, -0.05) is 15.9 Å². The first-order valence-electron chi connectivity index (χ1n) is 5.28. The molecule has 0 amide bonds. The van der Waals surface area contributed by atoms with Gasteiger partial charge < -0.3 is 15.7 Å². The summed E-state index contributed by atoms with van der Waals surface area (Å²) in [5.74, 6) is 0. The lowest BCUT2D eigenvalue weighted by Crippen LogP contribution is -2.28. The fourth-order valence-electron chi connectivity index (χ4n) is 1.43. The largest absolute Gasteiger partial charge is 0.397 e. The third-order valence-electron chi connectivity index (χ3n) is 2.46.